The molecule has 0 atom stereocenters. The van der Waals surface area contributed by atoms with E-state index in [1.807, 2.05) is 18.3 Å². The lowest BCUT2D eigenvalue weighted by atomic mass is 10.0. The summed E-state index contributed by atoms with van der Waals surface area (Å²) < 4.78 is 0. The Labute approximate surface area is 124 Å². The highest BCUT2D eigenvalue weighted by molar-refractivity contribution is 5.81. The van der Waals surface area contributed by atoms with Gasteiger partial charge in [0.25, 0.3) is 0 Å². The molecule has 3 nitrogen and oxygen atoms in total. The molecule has 0 spiro atoms. The zero-order valence-electron chi connectivity index (χ0n) is 12.2. The van der Waals surface area contributed by atoms with Crippen molar-refractivity contribution in [2.75, 3.05) is 5.73 Å². The molecule has 0 saturated heterocycles. The van der Waals surface area contributed by atoms with Gasteiger partial charge in [0.1, 0.15) is 5.82 Å². The SMILES string of the molecule is CCCCc1ccc(-c2cnc3nc(N)ccc3c2)cc1. The highest BCUT2D eigenvalue weighted by Crippen LogP contribution is 2.23. The molecule has 2 aromatic heterocycles. The van der Waals surface area contributed by atoms with Crippen LogP contribution in [0.3, 0.4) is 0 Å². The number of unbranched alkanes of at least 4 members (excludes halogenated alkanes) is 1. The Bertz CT molecular complexity index is 748. The normalized spacial score (nSPS) is 10.9. The molecule has 3 aromatic rings. The molecule has 0 saturated carbocycles. The number of aryl methyl sites for hydroxylation is 1. The second-order valence-corrected chi connectivity index (χ2v) is 5.31. The van der Waals surface area contributed by atoms with E-state index in [2.05, 4.69) is 47.2 Å². The number of hydrogen-bond donors (Lipinski definition) is 1. The van der Waals surface area contributed by atoms with E-state index in [-0.39, 0.29) is 0 Å². The van der Waals surface area contributed by atoms with Crippen LogP contribution in [-0.4, -0.2) is 9.97 Å². The van der Waals surface area contributed by atoms with Crippen LogP contribution in [0.2, 0.25) is 0 Å². The number of nitrogens with two attached hydrogens (primary N) is 1. The number of nitrogens with zero attached hydrogens (tertiary/aromatic N) is 2. The fourth-order valence-electron chi connectivity index (χ4n) is 2.43. The van der Waals surface area contributed by atoms with E-state index in [1.165, 1.54) is 24.0 Å². The molecule has 0 aliphatic heterocycles. The minimum atomic E-state index is 0.503. The molecule has 0 bridgehead atoms. The number of rotatable bonds is 4. The first-order valence-corrected chi connectivity index (χ1v) is 7.38. The molecule has 0 amide bonds. The average Bonchev–Trinajstić information content (AvgIpc) is 2.53. The predicted octanol–water partition coefficient (Wildman–Crippen LogP) is 4.22. The molecule has 21 heavy (non-hydrogen) atoms. The molecule has 0 radical (unpaired) electrons. The Kier molecular flexibility index (Phi) is 3.82. The van der Waals surface area contributed by atoms with Gasteiger partial charge < -0.3 is 5.73 Å². The fourth-order valence-corrected chi connectivity index (χ4v) is 2.43. The number of aromatic nitrogens is 2. The van der Waals surface area contributed by atoms with Gasteiger partial charge in [-0.25, -0.2) is 9.97 Å². The Morgan fingerprint density at radius 2 is 1.81 bits per heavy atom. The minimum Gasteiger partial charge on any atom is -0.384 e. The van der Waals surface area contributed by atoms with Crippen molar-refractivity contribution in [1.29, 1.82) is 0 Å². The van der Waals surface area contributed by atoms with E-state index in [9.17, 15) is 0 Å². The molecule has 2 N–H and O–H groups in total. The topological polar surface area (TPSA) is 51.8 Å². The zero-order chi connectivity index (χ0) is 14.7. The highest BCUT2D eigenvalue weighted by Gasteiger charge is 2.03. The summed E-state index contributed by atoms with van der Waals surface area (Å²) in [7, 11) is 0. The summed E-state index contributed by atoms with van der Waals surface area (Å²) in [6, 6.07) is 14.6. The van der Waals surface area contributed by atoms with Crippen molar-refractivity contribution in [3.63, 3.8) is 0 Å². The van der Waals surface area contributed by atoms with Crippen LogP contribution in [0.15, 0.2) is 48.7 Å². The predicted molar refractivity (Wildman–Crippen MR) is 88.0 cm³/mol. The summed E-state index contributed by atoms with van der Waals surface area (Å²) in [6.45, 7) is 2.22. The molecule has 0 fully saturated rings. The molecule has 1 aromatic carbocycles. The summed E-state index contributed by atoms with van der Waals surface area (Å²) in [5, 5.41) is 1.01. The summed E-state index contributed by atoms with van der Waals surface area (Å²) in [5.41, 5.74) is 10.1. The van der Waals surface area contributed by atoms with Crippen LogP contribution in [-0.2, 0) is 6.42 Å². The van der Waals surface area contributed by atoms with Gasteiger partial charge in [0, 0.05) is 17.1 Å². The number of fused-ring (bicyclic) bond motifs is 1. The van der Waals surface area contributed by atoms with Crippen molar-refractivity contribution in [2.24, 2.45) is 0 Å². The maximum absolute atomic E-state index is 5.68. The second kappa shape index (κ2) is 5.92. The second-order valence-electron chi connectivity index (χ2n) is 5.31. The van der Waals surface area contributed by atoms with Crippen molar-refractivity contribution in [3.8, 4) is 11.1 Å². The van der Waals surface area contributed by atoms with Crippen LogP contribution in [0.1, 0.15) is 25.3 Å². The van der Waals surface area contributed by atoms with Gasteiger partial charge in [-0.3, -0.25) is 0 Å². The zero-order valence-corrected chi connectivity index (χ0v) is 12.2. The largest absolute Gasteiger partial charge is 0.384 e. The van der Waals surface area contributed by atoms with E-state index in [0.29, 0.717) is 11.5 Å². The van der Waals surface area contributed by atoms with E-state index >= 15 is 0 Å². The highest BCUT2D eigenvalue weighted by atomic mass is 14.9. The number of pyridine rings is 2. The lowest BCUT2D eigenvalue weighted by Gasteiger charge is -2.05. The first-order valence-electron chi connectivity index (χ1n) is 7.38. The number of nitrogen functional groups attached to an aromatic ring is 1. The van der Waals surface area contributed by atoms with Crippen molar-refractivity contribution in [2.45, 2.75) is 26.2 Å². The number of hydrogen-bond acceptors (Lipinski definition) is 3. The Morgan fingerprint density at radius 3 is 2.57 bits per heavy atom. The molecule has 3 rings (SSSR count). The molecule has 0 aliphatic carbocycles. The monoisotopic (exact) mass is 277 g/mol. The summed E-state index contributed by atoms with van der Waals surface area (Å²) >= 11 is 0. The van der Waals surface area contributed by atoms with Crippen molar-refractivity contribution >= 4 is 16.9 Å². The maximum Gasteiger partial charge on any atom is 0.161 e. The van der Waals surface area contributed by atoms with E-state index < -0.39 is 0 Å². The summed E-state index contributed by atoms with van der Waals surface area (Å²) in [6.07, 6.45) is 5.47. The molecular weight excluding hydrogens is 258 g/mol. The van der Waals surface area contributed by atoms with Gasteiger partial charge in [-0.05, 0) is 42.2 Å². The summed E-state index contributed by atoms with van der Waals surface area (Å²) in [4.78, 5) is 8.62. The van der Waals surface area contributed by atoms with Crippen LogP contribution >= 0.6 is 0 Å². The average molecular weight is 277 g/mol. The van der Waals surface area contributed by atoms with Gasteiger partial charge in [0.05, 0.1) is 0 Å². The van der Waals surface area contributed by atoms with Gasteiger partial charge in [-0.15, -0.1) is 0 Å². The third-order valence-corrected chi connectivity index (χ3v) is 3.67. The molecule has 106 valence electrons. The van der Waals surface area contributed by atoms with Gasteiger partial charge in [-0.1, -0.05) is 37.6 Å². The molecular formula is C18H19N3. The number of anilines is 1. The van der Waals surface area contributed by atoms with Crippen LogP contribution in [0.5, 0.6) is 0 Å². The lowest BCUT2D eigenvalue weighted by molar-refractivity contribution is 0.795. The van der Waals surface area contributed by atoms with Crippen LogP contribution < -0.4 is 5.73 Å². The van der Waals surface area contributed by atoms with Crippen molar-refractivity contribution in [1.82, 2.24) is 9.97 Å². The third kappa shape index (κ3) is 3.02. The Morgan fingerprint density at radius 1 is 1.00 bits per heavy atom. The van der Waals surface area contributed by atoms with Gasteiger partial charge in [0.15, 0.2) is 5.65 Å². The number of benzene rings is 1. The fraction of sp³-hybridized carbons (Fsp3) is 0.222. The van der Waals surface area contributed by atoms with Gasteiger partial charge in [0.2, 0.25) is 0 Å². The first kappa shape index (κ1) is 13.6. The molecule has 0 unspecified atom stereocenters. The Hall–Kier alpha value is -2.42. The van der Waals surface area contributed by atoms with Crippen molar-refractivity contribution < 1.29 is 0 Å². The third-order valence-electron chi connectivity index (χ3n) is 3.67. The molecule has 0 aliphatic rings. The van der Waals surface area contributed by atoms with Gasteiger partial charge >= 0.3 is 0 Å². The molecule has 3 heteroatoms. The smallest absolute Gasteiger partial charge is 0.161 e. The summed E-state index contributed by atoms with van der Waals surface area (Å²) in [5.74, 6) is 0.503. The van der Waals surface area contributed by atoms with Crippen LogP contribution in [0.4, 0.5) is 5.82 Å². The maximum atomic E-state index is 5.68. The van der Waals surface area contributed by atoms with E-state index in [4.69, 9.17) is 5.73 Å². The standard InChI is InChI=1S/C18H19N3/c1-2-3-4-13-5-7-14(8-6-13)16-11-15-9-10-17(19)21-18(15)20-12-16/h5-12H,2-4H2,1H3,(H2,19,20,21). The quantitative estimate of drug-likeness (QED) is 0.776. The van der Waals surface area contributed by atoms with Crippen LogP contribution in [0, 0.1) is 0 Å². The molecule has 2 heterocycles. The first-order chi connectivity index (χ1) is 10.3. The van der Waals surface area contributed by atoms with Crippen molar-refractivity contribution in [3.05, 3.63) is 54.2 Å². The van der Waals surface area contributed by atoms with E-state index in [0.717, 1.165) is 17.4 Å². The minimum absolute atomic E-state index is 0.503. The lowest BCUT2D eigenvalue weighted by Crippen LogP contribution is -1.92. The van der Waals surface area contributed by atoms with E-state index in [1.54, 1.807) is 0 Å². The Balaban J connectivity index is 1.91. The van der Waals surface area contributed by atoms with Crippen LogP contribution in [0.25, 0.3) is 22.2 Å². The van der Waals surface area contributed by atoms with Gasteiger partial charge in [-0.2, -0.15) is 0 Å².